The fourth-order valence-electron chi connectivity index (χ4n) is 4.12. The maximum Gasteiger partial charge on any atom is 0.184 e. The molecule has 0 unspecified atom stereocenters. The second-order valence-electron chi connectivity index (χ2n) is 7.58. The molecule has 1 saturated heterocycles. The molecule has 0 atom stereocenters. The summed E-state index contributed by atoms with van der Waals surface area (Å²) in [6, 6.07) is 8.84. The number of ether oxygens (including phenoxy) is 2. The Morgan fingerprint density at radius 3 is 2.69 bits per heavy atom. The molecule has 0 spiro atoms. The highest BCUT2D eigenvalue weighted by atomic mass is 19.1. The van der Waals surface area contributed by atoms with Gasteiger partial charge in [0.1, 0.15) is 5.82 Å². The number of benzene rings is 2. The number of aromatic nitrogens is 1. The van der Waals surface area contributed by atoms with Gasteiger partial charge in [-0.05, 0) is 49.9 Å². The smallest absolute Gasteiger partial charge is 0.184 e. The molecule has 29 heavy (non-hydrogen) atoms. The Morgan fingerprint density at radius 2 is 1.97 bits per heavy atom. The van der Waals surface area contributed by atoms with Crippen molar-refractivity contribution < 1.29 is 18.4 Å². The normalized spacial score (nSPS) is 15.1. The molecule has 0 radical (unpaired) electrons. The van der Waals surface area contributed by atoms with Crippen LogP contribution in [0.15, 0.2) is 34.9 Å². The number of hydrogen-bond donors (Lipinski definition) is 0. The maximum atomic E-state index is 13.4. The quantitative estimate of drug-likeness (QED) is 0.552. The van der Waals surface area contributed by atoms with Gasteiger partial charge in [-0.2, -0.15) is 0 Å². The predicted octanol–water partition coefficient (Wildman–Crippen LogP) is 5.46. The van der Waals surface area contributed by atoms with E-state index in [2.05, 4.69) is 29.1 Å². The first-order valence-corrected chi connectivity index (χ1v) is 10.2. The van der Waals surface area contributed by atoms with Crippen LogP contribution < -0.4 is 14.4 Å². The van der Waals surface area contributed by atoms with Crippen molar-refractivity contribution >= 4 is 16.7 Å². The lowest BCUT2D eigenvalue weighted by Crippen LogP contribution is -2.33. The van der Waals surface area contributed by atoms with E-state index in [4.69, 9.17) is 14.0 Å². The third-order valence-electron chi connectivity index (χ3n) is 5.63. The van der Waals surface area contributed by atoms with Gasteiger partial charge in [-0.1, -0.05) is 18.1 Å². The number of hydrogen-bond acceptors (Lipinski definition) is 5. The predicted molar refractivity (Wildman–Crippen MR) is 112 cm³/mol. The van der Waals surface area contributed by atoms with Crippen LogP contribution in [0, 0.1) is 12.7 Å². The topological polar surface area (TPSA) is 47.7 Å². The lowest BCUT2D eigenvalue weighted by atomic mass is 9.91. The van der Waals surface area contributed by atoms with E-state index in [0.717, 1.165) is 66.2 Å². The van der Waals surface area contributed by atoms with Crippen LogP contribution in [0.25, 0.3) is 11.0 Å². The summed E-state index contributed by atoms with van der Waals surface area (Å²) in [7, 11) is 1.69. The fourth-order valence-corrected chi connectivity index (χ4v) is 4.12. The Bertz CT molecular complexity index is 993. The molecule has 0 N–H and O–H groups in total. The van der Waals surface area contributed by atoms with Crippen LogP contribution in [0.4, 0.5) is 10.1 Å². The lowest BCUT2D eigenvalue weighted by Gasteiger charge is -2.34. The monoisotopic (exact) mass is 398 g/mol. The first kappa shape index (κ1) is 19.6. The average molecular weight is 398 g/mol. The van der Waals surface area contributed by atoms with Gasteiger partial charge in [-0.3, -0.25) is 0 Å². The fraction of sp³-hybridized carbons (Fsp3) is 0.435. The van der Waals surface area contributed by atoms with Crippen LogP contribution in [-0.2, 0) is 0 Å². The van der Waals surface area contributed by atoms with Crippen molar-refractivity contribution in [3.63, 3.8) is 0 Å². The van der Waals surface area contributed by atoms with Crippen LogP contribution >= 0.6 is 0 Å². The van der Waals surface area contributed by atoms with Crippen molar-refractivity contribution in [2.75, 3.05) is 31.7 Å². The van der Waals surface area contributed by atoms with Crippen molar-refractivity contribution in [3.05, 3.63) is 47.4 Å². The second kappa shape index (κ2) is 8.31. The van der Waals surface area contributed by atoms with E-state index in [1.807, 2.05) is 6.92 Å². The molecule has 0 bridgehead atoms. The number of piperidine rings is 1. The summed E-state index contributed by atoms with van der Waals surface area (Å²) in [5, 5.41) is 5.16. The first-order valence-electron chi connectivity index (χ1n) is 10.2. The Labute approximate surface area is 170 Å². The van der Waals surface area contributed by atoms with Crippen LogP contribution in [0.2, 0.25) is 0 Å². The summed E-state index contributed by atoms with van der Waals surface area (Å²) in [6.45, 7) is 6.56. The third kappa shape index (κ3) is 3.76. The van der Waals surface area contributed by atoms with E-state index < -0.39 is 0 Å². The number of anilines is 1. The maximum absolute atomic E-state index is 13.4. The van der Waals surface area contributed by atoms with Crippen LogP contribution in [0.3, 0.4) is 0 Å². The third-order valence-corrected chi connectivity index (χ3v) is 5.63. The summed E-state index contributed by atoms with van der Waals surface area (Å²) in [5.41, 5.74) is 3.59. The number of rotatable bonds is 6. The van der Waals surface area contributed by atoms with Gasteiger partial charge >= 0.3 is 0 Å². The number of nitrogens with zero attached hydrogens (tertiary/aromatic N) is 2. The van der Waals surface area contributed by atoms with Crippen LogP contribution in [-0.4, -0.2) is 32.0 Å². The van der Waals surface area contributed by atoms with E-state index >= 15 is 0 Å². The van der Waals surface area contributed by atoms with Crippen molar-refractivity contribution in [2.24, 2.45) is 0 Å². The van der Waals surface area contributed by atoms with Gasteiger partial charge in [0, 0.05) is 30.5 Å². The number of methoxy groups -OCH3 is 1. The van der Waals surface area contributed by atoms with Crippen molar-refractivity contribution in [3.8, 4) is 11.5 Å². The summed E-state index contributed by atoms with van der Waals surface area (Å²) < 4.78 is 30.5. The molecule has 1 aliphatic heterocycles. The Balaban J connectivity index is 1.55. The molecule has 1 fully saturated rings. The molecule has 4 rings (SSSR count). The highest BCUT2D eigenvalue weighted by Gasteiger charge is 2.27. The summed E-state index contributed by atoms with van der Waals surface area (Å²) >= 11 is 0. The van der Waals surface area contributed by atoms with Gasteiger partial charge in [0.15, 0.2) is 17.1 Å². The van der Waals surface area contributed by atoms with Crippen LogP contribution in [0.1, 0.15) is 43.4 Å². The zero-order valence-electron chi connectivity index (χ0n) is 17.2. The zero-order chi connectivity index (χ0) is 20.4. The minimum absolute atomic E-state index is 0.297. The standard InChI is InChI=1S/C23H27FN2O3/c1-4-13-28-23-19(8-5-15(2)22(23)27-3)26-11-9-16(10-12-26)21-18-7-6-17(24)14-20(18)29-25-21/h5-8,14,16H,4,9-13H2,1-3H3. The molecule has 2 heterocycles. The molecule has 0 saturated carbocycles. The van der Waals surface area contributed by atoms with Gasteiger partial charge in [-0.25, -0.2) is 4.39 Å². The Morgan fingerprint density at radius 1 is 1.17 bits per heavy atom. The number of fused-ring (bicyclic) bond motifs is 1. The molecule has 2 aromatic carbocycles. The van der Waals surface area contributed by atoms with Crippen molar-refractivity contribution in [2.45, 2.75) is 39.0 Å². The van der Waals surface area contributed by atoms with E-state index in [1.54, 1.807) is 13.2 Å². The highest BCUT2D eigenvalue weighted by molar-refractivity contribution is 5.80. The molecule has 0 aliphatic carbocycles. The van der Waals surface area contributed by atoms with Gasteiger partial charge in [0.25, 0.3) is 0 Å². The number of halogens is 1. The molecule has 5 nitrogen and oxygen atoms in total. The molecule has 3 aromatic rings. The molecular formula is C23H27FN2O3. The summed E-state index contributed by atoms with van der Waals surface area (Å²) in [5.74, 6) is 1.63. The van der Waals surface area contributed by atoms with Crippen LogP contribution in [0.5, 0.6) is 11.5 Å². The summed E-state index contributed by atoms with van der Waals surface area (Å²) in [4.78, 5) is 2.35. The van der Waals surface area contributed by atoms with E-state index in [-0.39, 0.29) is 5.82 Å². The molecule has 0 amide bonds. The van der Waals surface area contributed by atoms with Gasteiger partial charge in [-0.15, -0.1) is 0 Å². The number of aryl methyl sites for hydroxylation is 1. The van der Waals surface area contributed by atoms with E-state index in [9.17, 15) is 4.39 Å². The zero-order valence-corrected chi connectivity index (χ0v) is 17.2. The molecule has 6 heteroatoms. The van der Waals surface area contributed by atoms with Crippen molar-refractivity contribution in [1.29, 1.82) is 0 Å². The second-order valence-corrected chi connectivity index (χ2v) is 7.58. The SMILES string of the molecule is CCCOc1c(N2CCC(c3noc4cc(F)ccc34)CC2)ccc(C)c1OC. The highest BCUT2D eigenvalue weighted by Crippen LogP contribution is 2.42. The summed E-state index contributed by atoms with van der Waals surface area (Å²) in [6.07, 6.45) is 2.84. The van der Waals surface area contributed by atoms with E-state index in [0.29, 0.717) is 18.1 Å². The van der Waals surface area contributed by atoms with Gasteiger partial charge in [0.05, 0.1) is 25.1 Å². The molecular weight excluding hydrogens is 371 g/mol. The average Bonchev–Trinajstić information content (AvgIpc) is 3.15. The van der Waals surface area contributed by atoms with Crippen molar-refractivity contribution in [1.82, 2.24) is 5.16 Å². The van der Waals surface area contributed by atoms with Gasteiger partial charge in [0.2, 0.25) is 0 Å². The molecule has 1 aliphatic rings. The first-order chi connectivity index (χ1) is 14.1. The van der Waals surface area contributed by atoms with Gasteiger partial charge < -0.3 is 18.9 Å². The largest absolute Gasteiger partial charge is 0.493 e. The minimum atomic E-state index is -0.303. The molecule has 154 valence electrons. The Kier molecular flexibility index (Phi) is 5.60. The molecule has 1 aromatic heterocycles. The minimum Gasteiger partial charge on any atom is -0.493 e. The van der Waals surface area contributed by atoms with E-state index in [1.165, 1.54) is 12.1 Å². The Hall–Kier alpha value is -2.76. The lowest BCUT2D eigenvalue weighted by molar-refractivity contribution is 0.293.